The molecule has 5 nitrogen and oxygen atoms in total. The van der Waals surface area contributed by atoms with Gasteiger partial charge in [0, 0.05) is 0 Å². The van der Waals surface area contributed by atoms with E-state index in [-0.39, 0.29) is 44.8 Å². The summed E-state index contributed by atoms with van der Waals surface area (Å²) in [7, 11) is -6.20. The van der Waals surface area contributed by atoms with Crippen LogP contribution in [0.2, 0.25) is 54.4 Å². The summed E-state index contributed by atoms with van der Waals surface area (Å²) in [6.45, 7) is 47.3. The van der Waals surface area contributed by atoms with E-state index in [4.69, 9.17) is 18.0 Å². The van der Waals surface area contributed by atoms with Gasteiger partial charge in [0.1, 0.15) is 0 Å². The molecule has 0 aliphatic heterocycles. The Balaban J connectivity index is 1.59. The van der Waals surface area contributed by atoms with Crippen LogP contribution in [0.4, 0.5) is 0 Å². The molecule has 0 bridgehead atoms. The molecule has 7 atom stereocenters. The zero-order valence-corrected chi connectivity index (χ0v) is 44.0. The Morgan fingerprint density at radius 1 is 0.810 bits per heavy atom. The van der Waals surface area contributed by atoms with Crippen LogP contribution in [-0.4, -0.2) is 55.8 Å². The maximum Gasteiger partial charge on any atom is 0.315 e. The first-order valence-electron chi connectivity index (χ1n) is 23.4. The first-order valence-corrected chi connectivity index (χ1v) is 32.1. The van der Waals surface area contributed by atoms with Crippen molar-refractivity contribution in [2.45, 2.75) is 226 Å². The molecule has 0 saturated heterocycles. The van der Waals surface area contributed by atoms with Gasteiger partial charge in [-0.2, -0.15) is 0 Å². The average Bonchev–Trinajstić information content (AvgIpc) is 3.81. The van der Waals surface area contributed by atoms with Crippen LogP contribution in [-0.2, 0) is 22.8 Å². The maximum atomic E-state index is 13.6. The molecule has 0 aromatic heterocycles. The lowest BCUT2D eigenvalue weighted by molar-refractivity contribution is -0.153. The normalized spacial score (nSPS) is 29.9. The average molecular weight is 856 g/mol. The van der Waals surface area contributed by atoms with E-state index in [9.17, 15) is 4.79 Å². The molecule has 0 amide bonds. The van der Waals surface area contributed by atoms with Crippen molar-refractivity contribution in [3.05, 3.63) is 47.6 Å². The minimum Gasteiger partial charge on any atom is -0.465 e. The third-order valence-corrected chi connectivity index (χ3v) is 30.1. The van der Waals surface area contributed by atoms with Crippen molar-refractivity contribution in [1.29, 1.82) is 0 Å². The molecular weight excluding hydrogens is 765 g/mol. The number of hydrogen-bond acceptors (Lipinski definition) is 5. The summed E-state index contributed by atoms with van der Waals surface area (Å²) in [5, 5.41) is 0.312. The Morgan fingerprint density at radius 3 is 1.83 bits per heavy atom. The highest BCUT2D eigenvalue weighted by molar-refractivity contribution is 6.75. The van der Waals surface area contributed by atoms with Crippen LogP contribution in [0.5, 0.6) is 0 Å². The summed E-state index contributed by atoms with van der Waals surface area (Å²) in [4.78, 5) is 13.6. The topological polar surface area (TPSA) is 54.0 Å². The fourth-order valence-electron chi connectivity index (χ4n) is 9.27. The quantitative estimate of drug-likeness (QED) is 0.0711. The van der Waals surface area contributed by atoms with Crippen LogP contribution in [0, 0.1) is 28.6 Å². The van der Waals surface area contributed by atoms with Crippen molar-refractivity contribution in [3.8, 4) is 0 Å². The molecule has 8 heteroatoms. The van der Waals surface area contributed by atoms with Crippen molar-refractivity contribution >= 4 is 30.9 Å². The number of carbonyl (C=O) groups is 1. The Hall–Kier alpha value is -1.04. The van der Waals surface area contributed by atoms with E-state index >= 15 is 0 Å². The molecule has 0 aromatic carbocycles. The molecular formula is C50H90O5Si3. The molecule has 4 rings (SSSR count). The van der Waals surface area contributed by atoms with Gasteiger partial charge in [-0.15, -0.1) is 0 Å². The van der Waals surface area contributed by atoms with Gasteiger partial charge >= 0.3 is 5.97 Å². The fourth-order valence-corrected chi connectivity index (χ4v) is 13.2. The first-order chi connectivity index (χ1) is 26.4. The Morgan fingerprint density at radius 2 is 1.34 bits per heavy atom. The van der Waals surface area contributed by atoms with Gasteiger partial charge in [-0.3, -0.25) is 4.79 Å². The lowest BCUT2D eigenvalue weighted by Crippen LogP contribution is -2.49. The fraction of sp³-hybridized carbons (Fsp3) is 0.820. The van der Waals surface area contributed by atoms with E-state index in [0.29, 0.717) is 24.4 Å². The number of ether oxygens (including phenoxy) is 1. The largest absolute Gasteiger partial charge is 0.465 e. The summed E-state index contributed by atoms with van der Waals surface area (Å²) >= 11 is 0. The molecule has 0 unspecified atom stereocenters. The molecule has 332 valence electrons. The second-order valence-electron chi connectivity index (χ2n) is 24.1. The Kier molecular flexibility index (Phi) is 15.4. The number of hydrogen-bond donors (Lipinski definition) is 0. The summed E-state index contributed by atoms with van der Waals surface area (Å²) in [5.41, 5.74) is 3.94. The van der Waals surface area contributed by atoms with E-state index in [1.807, 2.05) is 0 Å². The molecule has 4 saturated carbocycles. The first kappa shape index (κ1) is 49.6. The summed E-state index contributed by atoms with van der Waals surface area (Å²) in [5.74, 6) is 1.53. The van der Waals surface area contributed by atoms with Gasteiger partial charge in [-0.1, -0.05) is 132 Å². The van der Waals surface area contributed by atoms with Gasteiger partial charge in [0.05, 0.1) is 30.3 Å². The van der Waals surface area contributed by atoms with Crippen molar-refractivity contribution in [2.24, 2.45) is 28.6 Å². The van der Waals surface area contributed by atoms with Gasteiger partial charge in [0.25, 0.3) is 0 Å². The highest BCUT2D eigenvalue weighted by atomic mass is 28.4. The van der Waals surface area contributed by atoms with Crippen LogP contribution >= 0.6 is 0 Å². The summed E-state index contributed by atoms with van der Waals surface area (Å²) in [6.07, 6.45) is 21.1. The molecule has 4 fully saturated rings. The lowest BCUT2D eigenvalue weighted by Gasteiger charge is -2.46. The van der Waals surface area contributed by atoms with Crippen molar-refractivity contribution in [3.63, 3.8) is 0 Å². The van der Waals surface area contributed by atoms with Crippen LogP contribution in [0.25, 0.3) is 0 Å². The minimum atomic E-state index is -2.14. The van der Waals surface area contributed by atoms with Gasteiger partial charge in [-0.05, 0) is 147 Å². The number of unbranched alkanes of at least 4 members (excludes halogenated alkanes) is 1. The highest BCUT2D eigenvalue weighted by Crippen LogP contribution is 2.60. The Bertz CT molecular complexity index is 1500. The highest BCUT2D eigenvalue weighted by Gasteiger charge is 2.59. The van der Waals surface area contributed by atoms with E-state index in [1.165, 1.54) is 37.7 Å². The van der Waals surface area contributed by atoms with Crippen LogP contribution in [0.15, 0.2) is 47.6 Å². The van der Waals surface area contributed by atoms with E-state index in [1.54, 1.807) is 5.57 Å². The predicted molar refractivity (Wildman–Crippen MR) is 255 cm³/mol. The van der Waals surface area contributed by atoms with E-state index < -0.39 is 30.4 Å². The summed E-state index contributed by atoms with van der Waals surface area (Å²) in [6, 6.07) is 0. The van der Waals surface area contributed by atoms with E-state index in [0.717, 1.165) is 44.1 Å². The molecule has 0 heterocycles. The zero-order chi connectivity index (χ0) is 43.9. The molecule has 4 aliphatic carbocycles. The van der Waals surface area contributed by atoms with Gasteiger partial charge < -0.3 is 18.0 Å². The van der Waals surface area contributed by atoms with Crippen molar-refractivity contribution < 1.29 is 22.8 Å². The van der Waals surface area contributed by atoms with Crippen molar-refractivity contribution in [1.82, 2.24) is 0 Å². The minimum absolute atomic E-state index is 0.00778. The van der Waals surface area contributed by atoms with Gasteiger partial charge in [0.15, 0.2) is 25.0 Å². The third kappa shape index (κ3) is 10.9. The number of carbonyl (C=O) groups excluding carboxylic acids is 1. The molecule has 58 heavy (non-hydrogen) atoms. The van der Waals surface area contributed by atoms with Crippen molar-refractivity contribution in [2.75, 3.05) is 6.61 Å². The SMILES string of the molecule is C=C1[C@@H](O[Si](C)(C)C(C)(C)C)CC(=C/C=C2\CCC[C@]3(C)[C@@H]([C@H](C)/C=C/[C@@H](O[Si](C)(C)C(C)(C)C)C4(C(=O)OCCCC)CC4)CC[C@@H]23)C[C@H]1O[Si](C)(C)C(C)(C)C. The maximum absolute atomic E-state index is 13.6. The van der Waals surface area contributed by atoms with Crippen LogP contribution in [0.3, 0.4) is 0 Å². The molecule has 4 aliphatic rings. The molecule has 0 radical (unpaired) electrons. The second-order valence-corrected chi connectivity index (χ2v) is 38.3. The number of fused-ring (bicyclic) bond motifs is 1. The number of rotatable bonds is 15. The lowest BCUT2D eigenvalue weighted by atomic mass is 9.61. The van der Waals surface area contributed by atoms with Crippen LogP contribution in [0.1, 0.15) is 154 Å². The Labute approximate surface area is 361 Å². The zero-order valence-electron chi connectivity index (χ0n) is 41.0. The van der Waals surface area contributed by atoms with Gasteiger partial charge in [-0.25, -0.2) is 0 Å². The monoisotopic (exact) mass is 855 g/mol. The van der Waals surface area contributed by atoms with Gasteiger partial charge in [0.2, 0.25) is 0 Å². The van der Waals surface area contributed by atoms with E-state index in [2.05, 4.69) is 153 Å². The third-order valence-electron chi connectivity index (χ3n) is 16.7. The molecule has 0 aromatic rings. The summed E-state index contributed by atoms with van der Waals surface area (Å²) < 4.78 is 27.3. The standard InChI is InChI=1S/C50H90O5Si3/c1-20-21-33-52-45(51)50(31-32-50)44(55-58(18,19)48(10,11)12)29-24-36(2)40-27-28-41-39(23-22-30-49(40,41)13)26-25-38-34-42(53-56(14,15)46(4,5)6)37(3)43(35-38)54-57(16,17)47(7,8)9/h24-26,29,36,40-44H,3,20-23,27-28,30-35H2,1-2,4-19H3/b29-24+,38-25?,39-26+/t36-,40-,41+,42-,43+,44-,49-/m1/s1. The molecule has 0 spiro atoms. The molecule has 0 N–H and O–H groups in total. The smallest absolute Gasteiger partial charge is 0.315 e. The number of esters is 1. The number of allylic oxidation sites excluding steroid dienone is 4. The van der Waals surface area contributed by atoms with Crippen LogP contribution < -0.4 is 0 Å². The predicted octanol–water partition coefficient (Wildman–Crippen LogP) is 14.9. The second kappa shape index (κ2) is 18.0.